The molecule has 0 aliphatic carbocycles. The highest BCUT2D eigenvalue weighted by Gasteiger charge is 2.06. The van der Waals surface area contributed by atoms with E-state index in [9.17, 15) is 0 Å². The molecule has 0 saturated heterocycles. The Morgan fingerprint density at radius 3 is 2.94 bits per heavy atom. The normalized spacial score (nSPS) is 12.4. The summed E-state index contributed by atoms with van der Waals surface area (Å²) in [6, 6.07) is 6.05. The quantitative estimate of drug-likeness (QED) is 0.917. The number of rotatable bonds is 5. The van der Waals surface area contributed by atoms with Crippen LogP contribution in [-0.2, 0) is 13.0 Å². The monoisotopic (exact) mass is 311 g/mol. The second-order valence-electron chi connectivity index (χ2n) is 4.08. The molecule has 5 nitrogen and oxygen atoms in total. The Morgan fingerprint density at radius 1 is 1.50 bits per heavy atom. The van der Waals surface area contributed by atoms with Gasteiger partial charge in [-0.15, -0.1) is 0 Å². The van der Waals surface area contributed by atoms with Gasteiger partial charge in [0.05, 0.1) is 4.47 Å². The molecular weight excluding hydrogens is 298 g/mol. The second kappa shape index (κ2) is 5.97. The molecule has 0 spiro atoms. The van der Waals surface area contributed by atoms with Crippen molar-refractivity contribution in [1.82, 2.24) is 10.1 Å². The zero-order valence-corrected chi connectivity index (χ0v) is 11.6. The van der Waals surface area contributed by atoms with Crippen molar-refractivity contribution in [3.05, 3.63) is 40.5 Å². The molecule has 0 aliphatic heterocycles. The molecule has 96 valence electrons. The van der Waals surface area contributed by atoms with E-state index in [4.69, 9.17) is 10.5 Å². The zero-order chi connectivity index (χ0) is 13.0. The number of nitrogens with two attached hydrogens (primary N) is 1. The lowest BCUT2D eigenvalue weighted by Gasteiger charge is -2.09. The van der Waals surface area contributed by atoms with Crippen LogP contribution < -0.4 is 10.5 Å². The van der Waals surface area contributed by atoms with Gasteiger partial charge in [-0.05, 0) is 47.0 Å². The van der Waals surface area contributed by atoms with E-state index in [2.05, 4.69) is 30.6 Å². The number of halogens is 1. The summed E-state index contributed by atoms with van der Waals surface area (Å²) in [6.45, 7) is 2.26. The van der Waals surface area contributed by atoms with Crippen molar-refractivity contribution >= 4 is 15.9 Å². The number of benzene rings is 1. The molecule has 0 amide bonds. The highest BCUT2D eigenvalue weighted by Crippen LogP contribution is 2.27. The predicted molar refractivity (Wildman–Crippen MR) is 70.1 cm³/mol. The van der Waals surface area contributed by atoms with Crippen LogP contribution in [0.1, 0.15) is 18.3 Å². The lowest BCUT2D eigenvalue weighted by molar-refractivity contribution is 0.285. The van der Waals surface area contributed by atoms with Gasteiger partial charge in [0, 0.05) is 6.04 Å². The third kappa shape index (κ3) is 3.54. The van der Waals surface area contributed by atoms with Crippen LogP contribution in [0.25, 0.3) is 0 Å². The molecule has 1 aromatic carbocycles. The van der Waals surface area contributed by atoms with Gasteiger partial charge in [0.25, 0.3) is 0 Å². The molecule has 1 atom stereocenters. The molecule has 0 fully saturated rings. The fourth-order valence-corrected chi connectivity index (χ4v) is 2.10. The van der Waals surface area contributed by atoms with Crippen molar-refractivity contribution in [3.8, 4) is 5.75 Å². The van der Waals surface area contributed by atoms with Gasteiger partial charge in [0.15, 0.2) is 6.61 Å². The smallest absolute Gasteiger partial charge is 0.213 e. The minimum atomic E-state index is 0.142. The number of hydrogen-bond donors (Lipinski definition) is 1. The largest absolute Gasteiger partial charge is 0.484 e. The lowest BCUT2D eigenvalue weighted by Crippen LogP contribution is -2.17. The molecule has 2 rings (SSSR count). The van der Waals surface area contributed by atoms with Gasteiger partial charge >= 0.3 is 0 Å². The predicted octanol–water partition coefficient (Wildman–Crippen LogP) is 2.30. The summed E-state index contributed by atoms with van der Waals surface area (Å²) >= 11 is 3.47. The first kappa shape index (κ1) is 13.0. The fraction of sp³-hybridized carbons (Fsp3) is 0.333. The van der Waals surface area contributed by atoms with E-state index in [0.717, 1.165) is 16.6 Å². The summed E-state index contributed by atoms with van der Waals surface area (Å²) in [5, 5.41) is 3.67. The Balaban J connectivity index is 2.01. The standard InChI is InChI=1S/C12H14BrN3O2/c1-8(14)4-9-2-3-11(10(13)5-9)17-6-12-15-7-18-16-12/h2-3,5,7-8H,4,6,14H2,1H3. The maximum atomic E-state index is 5.76. The Kier molecular flexibility index (Phi) is 4.33. The Hall–Kier alpha value is -1.40. The Bertz CT molecular complexity index is 500. The van der Waals surface area contributed by atoms with E-state index in [1.165, 1.54) is 12.0 Å². The minimum Gasteiger partial charge on any atom is -0.484 e. The van der Waals surface area contributed by atoms with E-state index >= 15 is 0 Å². The lowest BCUT2D eigenvalue weighted by atomic mass is 10.1. The van der Waals surface area contributed by atoms with Gasteiger partial charge in [-0.1, -0.05) is 11.2 Å². The maximum Gasteiger partial charge on any atom is 0.213 e. The summed E-state index contributed by atoms with van der Waals surface area (Å²) in [6.07, 6.45) is 2.11. The number of ether oxygens (including phenoxy) is 1. The van der Waals surface area contributed by atoms with Gasteiger partial charge in [-0.3, -0.25) is 0 Å². The van der Waals surface area contributed by atoms with Crippen molar-refractivity contribution < 1.29 is 9.26 Å². The Morgan fingerprint density at radius 2 is 2.33 bits per heavy atom. The zero-order valence-electron chi connectivity index (χ0n) is 9.97. The van der Waals surface area contributed by atoms with Gasteiger partial charge in [0.1, 0.15) is 5.75 Å². The molecule has 18 heavy (non-hydrogen) atoms. The third-order valence-corrected chi connectivity index (χ3v) is 2.94. The summed E-state index contributed by atoms with van der Waals surface area (Å²) in [5.74, 6) is 1.26. The third-order valence-electron chi connectivity index (χ3n) is 2.32. The van der Waals surface area contributed by atoms with Crippen molar-refractivity contribution in [2.75, 3.05) is 0 Å². The highest BCUT2D eigenvalue weighted by molar-refractivity contribution is 9.10. The molecule has 1 aromatic heterocycles. The summed E-state index contributed by atoms with van der Waals surface area (Å²) in [4.78, 5) is 3.88. The highest BCUT2D eigenvalue weighted by atomic mass is 79.9. The van der Waals surface area contributed by atoms with E-state index in [1.807, 2.05) is 25.1 Å². The fourth-order valence-electron chi connectivity index (χ4n) is 1.56. The topological polar surface area (TPSA) is 74.2 Å². The van der Waals surface area contributed by atoms with Crippen molar-refractivity contribution in [3.63, 3.8) is 0 Å². The van der Waals surface area contributed by atoms with E-state index < -0.39 is 0 Å². The van der Waals surface area contributed by atoms with Crippen LogP contribution in [0.5, 0.6) is 5.75 Å². The molecule has 0 radical (unpaired) electrons. The Labute approximate surface area is 113 Å². The van der Waals surface area contributed by atoms with Crippen LogP contribution in [0.15, 0.2) is 33.6 Å². The molecule has 0 saturated carbocycles. The molecule has 2 aromatic rings. The molecular formula is C12H14BrN3O2. The van der Waals surface area contributed by atoms with Crippen molar-refractivity contribution in [2.45, 2.75) is 26.0 Å². The van der Waals surface area contributed by atoms with Gasteiger partial charge < -0.3 is 15.0 Å². The molecule has 6 heteroatoms. The van der Waals surface area contributed by atoms with Crippen LogP contribution in [0.4, 0.5) is 0 Å². The van der Waals surface area contributed by atoms with Crippen molar-refractivity contribution in [2.24, 2.45) is 5.73 Å². The van der Waals surface area contributed by atoms with Crippen LogP contribution >= 0.6 is 15.9 Å². The van der Waals surface area contributed by atoms with E-state index in [1.54, 1.807) is 0 Å². The van der Waals surface area contributed by atoms with Crippen LogP contribution in [-0.4, -0.2) is 16.2 Å². The summed E-state index contributed by atoms with van der Waals surface area (Å²) in [5.41, 5.74) is 6.93. The van der Waals surface area contributed by atoms with Crippen molar-refractivity contribution in [1.29, 1.82) is 0 Å². The molecule has 2 N–H and O–H groups in total. The van der Waals surface area contributed by atoms with Crippen LogP contribution in [0.3, 0.4) is 0 Å². The minimum absolute atomic E-state index is 0.142. The SMILES string of the molecule is CC(N)Cc1ccc(OCc2ncon2)c(Br)c1. The maximum absolute atomic E-state index is 5.76. The van der Waals surface area contributed by atoms with Gasteiger partial charge in [-0.25, -0.2) is 0 Å². The number of hydrogen-bond acceptors (Lipinski definition) is 5. The second-order valence-corrected chi connectivity index (χ2v) is 4.94. The van der Waals surface area contributed by atoms with Crippen LogP contribution in [0, 0.1) is 0 Å². The molecule has 0 aliphatic rings. The first-order valence-corrected chi connectivity index (χ1v) is 6.36. The summed E-state index contributed by atoms with van der Waals surface area (Å²) < 4.78 is 11.1. The number of nitrogens with zero attached hydrogens (tertiary/aromatic N) is 2. The average molecular weight is 312 g/mol. The summed E-state index contributed by atoms with van der Waals surface area (Å²) in [7, 11) is 0. The number of aromatic nitrogens is 2. The first-order valence-electron chi connectivity index (χ1n) is 5.57. The molecule has 0 bridgehead atoms. The van der Waals surface area contributed by atoms with Gasteiger partial charge in [0.2, 0.25) is 12.2 Å². The van der Waals surface area contributed by atoms with E-state index in [0.29, 0.717) is 5.82 Å². The average Bonchev–Trinajstić information content (AvgIpc) is 2.80. The van der Waals surface area contributed by atoms with Gasteiger partial charge in [-0.2, -0.15) is 4.98 Å². The van der Waals surface area contributed by atoms with E-state index in [-0.39, 0.29) is 12.6 Å². The van der Waals surface area contributed by atoms with Crippen LogP contribution in [0.2, 0.25) is 0 Å². The first-order chi connectivity index (χ1) is 8.65. The molecule has 1 heterocycles. The molecule has 1 unspecified atom stereocenters.